The number of benzene rings is 1. The highest BCUT2D eigenvalue weighted by atomic mass is 32.1. The molecule has 0 bridgehead atoms. The van der Waals surface area contributed by atoms with Crippen molar-refractivity contribution in [3.8, 4) is 5.75 Å². The molecule has 1 aromatic heterocycles. The minimum Gasteiger partial charge on any atom is -0.497 e. The third-order valence-corrected chi connectivity index (χ3v) is 3.69. The van der Waals surface area contributed by atoms with Crippen LogP contribution in [0.15, 0.2) is 29.6 Å². The Hall–Kier alpha value is -1.92. The van der Waals surface area contributed by atoms with Gasteiger partial charge in [0.05, 0.1) is 19.2 Å². The van der Waals surface area contributed by atoms with E-state index in [1.54, 1.807) is 19.5 Å². The maximum absolute atomic E-state index is 11.9. The van der Waals surface area contributed by atoms with Gasteiger partial charge in [-0.3, -0.25) is 9.63 Å². The molecule has 0 aliphatic heterocycles. The molecule has 0 spiro atoms. The molecule has 20 heavy (non-hydrogen) atoms. The predicted molar refractivity (Wildman–Crippen MR) is 77.0 cm³/mol. The highest BCUT2D eigenvalue weighted by molar-refractivity contribution is 7.09. The number of hydrogen-bond acceptors (Lipinski definition) is 5. The topological polar surface area (TPSA) is 51.7 Å². The molecular weight excluding hydrogens is 276 g/mol. The summed E-state index contributed by atoms with van der Waals surface area (Å²) in [5, 5.41) is 3.80. The van der Waals surface area contributed by atoms with Gasteiger partial charge in [-0.25, -0.2) is 10.0 Å². The normalized spacial score (nSPS) is 10.3. The third-order valence-electron chi connectivity index (χ3n) is 2.85. The van der Waals surface area contributed by atoms with E-state index in [1.165, 1.54) is 18.4 Å². The van der Waals surface area contributed by atoms with Crippen LogP contribution in [0.5, 0.6) is 5.75 Å². The SMILES string of the molecule is COc1ccc(Cc2nc(C(=O)N(C)OC)cs2)cc1. The van der Waals surface area contributed by atoms with Crippen molar-refractivity contribution in [2.75, 3.05) is 21.3 Å². The van der Waals surface area contributed by atoms with Gasteiger partial charge in [-0.15, -0.1) is 11.3 Å². The molecule has 0 aliphatic rings. The maximum atomic E-state index is 11.9. The van der Waals surface area contributed by atoms with Crippen LogP contribution in [0.2, 0.25) is 0 Å². The minimum absolute atomic E-state index is 0.246. The number of carbonyl (C=O) groups is 1. The molecule has 1 heterocycles. The zero-order chi connectivity index (χ0) is 14.5. The smallest absolute Gasteiger partial charge is 0.296 e. The van der Waals surface area contributed by atoms with Gasteiger partial charge in [-0.2, -0.15) is 0 Å². The molecule has 2 rings (SSSR count). The highest BCUT2D eigenvalue weighted by Crippen LogP contribution is 2.18. The van der Waals surface area contributed by atoms with Gasteiger partial charge in [-0.1, -0.05) is 12.1 Å². The molecule has 0 atom stereocenters. The van der Waals surface area contributed by atoms with Crippen LogP contribution in [0, 0.1) is 0 Å². The Bertz CT molecular complexity index is 580. The van der Waals surface area contributed by atoms with Gasteiger partial charge in [0, 0.05) is 18.8 Å². The number of aromatic nitrogens is 1. The van der Waals surface area contributed by atoms with Gasteiger partial charge in [0.15, 0.2) is 0 Å². The summed E-state index contributed by atoms with van der Waals surface area (Å²) in [6.07, 6.45) is 0.693. The van der Waals surface area contributed by atoms with Crippen LogP contribution in [-0.4, -0.2) is 37.2 Å². The molecule has 5 nitrogen and oxygen atoms in total. The number of methoxy groups -OCH3 is 1. The number of hydrogen-bond donors (Lipinski definition) is 0. The molecule has 0 fully saturated rings. The van der Waals surface area contributed by atoms with Gasteiger partial charge in [-0.05, 0) is 17.7 Å². The summed E-state index contributed by atoms with van der Waals surface area (Å²) in [5.41, 5.74) is 1.53. The van der Waals surface area contributed by atoms with Crippen LogP contribution in [0.3, 0.4) is 0 Å². The van der Waals surface area contributed by atoms with Crippen LogP contribution < -0.4 is 4.74 Å². The molecule has 2 aromatic rings. The molecule has 0 N–H and O–H groups in total. The van der Waals surface area contributed by atoms with Crippen LogP contribution in [0.25, 0.3) is 0 Å². The first-order valence-electron chi connectivity index (χ1n) is 6.03. The summed E-state index contributed by atoms with van der Waals surface area (Å²) < 4.78 is 5.12. The number of amides is 1. The number of nitrogens with zero attached hydrogens (tertiary/aromatic N) is 2. The molecule has 0 saturated heterocycles. The second-order valence-electron chi connectivity index (χ2n) is 4.14. The summed E-state index contributed by atoms with van der Waals surface area (Å²) in [6, 6.07) is 7.80. The third kappa shape index (κ3) is 3.34. The first kappa shape index (κ1) is 14.5. The van der Waals surface area contributed by atoms with Gasteiger partial charge in [0.1, 0.15) is 11.4 Å². The number of ether oxygens (including phenoxy) is 1. The predicted octanol–water partition coefficient (Wildman–Crippen LogP) is 2.38. The minimum atomic E-state index is -0.246. The fourth-order valence-electron chi connectivity index (χ4n) is 1.65. The molecule has 0 unspecified atom stereocenters. The van der Waals surface area contributed by atoms with Crippen LogP contribution in [-0.2, 0) is 11.3 Å². The average Bonchev–Trinajstić information content (AvgIpc) is 2.95. The largest absolute Gasteiger partial charge is 0.497 e. The highest BCUT2D eigenvalue weighted by Gasteiger charge is 2.15. The van der Waals surface area contributed by atoms with E-state index in [-0.39, 0.29) is 5.91 Å². The summed E-state index contributed by atoms with van der Waals surface area (Å²) in [5.74, 6) is 0.579. The molecule has 1 amide bonds. The zero-order valence-electron chi connectivity index (χ0n) is 11.6. The number of thiazole rings is 1. The van der Waals surface area contributed by atoms with Crippen molar-refractivity contribution in [2.24, 2.45) is 0 Å². The number of carbonyl (C=O) groups excluding carboxylic acids is 1. The van der Waals surface area contributed by atoms with E-state index in [0.29, 0.717) is 12.1 Å². The molecule has 1 aromatic carbocycles. The van der Waals surface area contributed by atoms with Gasteiger partial charge in [0.2, 0.25) is 0 Å². The van der Waals surface area contributed by atoms with E-state index >= 15 is 0 Å². The summed E-state index contributed by atoms with van der Waals surface area (Å²) in [6.45, 7) is 0. The Morgan fingerprint density at radius 1 is 1.30 bits per heavy atom. The molecular formula is C14H16N2O3S. The van der Waals surface area contributed by atoms with E-state index < -0.39 is 0 Å². The van der Waals surface area contributed by atoms with E-state index in [9.17, 15) is 4.79 Å². The van der Waals surface area contributed by atoms with E-state index in [2.05, 4.69) is 4.98 Å². The van der Waals surface area contributed by atoms with Crippen molar-refractivity contribution in [1.82, 2.24) is 10.0 Å². The van der Waals surface area contributed by atoms with Crippen molar-refractivity contribution in [3.05, 3.63) is 45.9 Å². The molecule has 0 radical (unpaired) electrons. The summed E-state index contributed by atoms with van der Waals surface area (Å²) in [4.78, 5) is 21.0. The van der Waals surface area contributed by atoms with E-state index in [4.69, 9.17) is 9.57 Å². The lowest BCUT2D eigenvalue weighted by Crippen LogP contribution is -2.25. The maximum Gasteiger partial charge on any atom is 0.296 e. The fraction of sp³-hybridized carbons (Fsp3) is 0.286. The monoisotopic (exact) mass is 292 g/mol. The Morgan fingerprint density at radius 2 is 2.00 bits per heavy atom. The number of rotatable bonds is 5. The standard InChI is InChI=1S/C14H16N2O3S/c1-16(19-3)14(17)12-9-20-13(15-12)8-10-4-6-11(18-2)7-5-10/h4-7,9H,8H2,1-3H3. The quantitative estimate of drug-likeness (QED) is 0.794. The van der Waals surface area contributed by atoms with Crippen molar-refractivity contribution in [3.63, 3.8) is 0 Å². The Kier molecular flexibility index (Phi) is 4.70. The average molecular weight is 292 g/mol. The van der Waals surface area contributed by atoms with Crippen LogP contribution in [0.1, 0.15) is 21.1 Å². The lowest BCUT2D eigenvalue weighted by molar-refractivity contribution is -0.0760. The summed E-state index contributed by atoms with van der Waals surface area (Å²) >= 11 is 1.47. The molecule has 106 valence electrons. The van der Waals surface area contributed by atoms with Gasteiger partial charge < -0.3 is 4.74 Å². The zero-order valence-corrected chi connectivity index (χ0v) is 12.4. The Morgan fingerprint density at radius 3 is 2.60 bits per heavy atom. The van der Waals surface area contributed by atoms with Crippen molar-refractivity contribution >= 4 is 17.2 Å². The van der Waals surface area contributed by atoms with Gasteiger partial charge >= 0.3 is 0 Å². The fourth-order valence-corrected chi connectivity index (χ4v) is 2.45. The number of hydroxylamine groups is 2. The second kappa shape index (κ2) is 6.49. The Labute approximate surface area is 121 Å². The molecule has 0 saturated carbocycles. The van der Waals surface area contributed by atoms with Crippen molar-refractivity contribution in [1.29, 1.82) is 0 Å². The Balaban J connectivity index is 2.07. The first-order chi connectivity index (χ1) is 9.63. The van der Waals surface area contributed by atoms with Crippen molar-refractivity contribution < 1.29 is 14.4 Å². The van der Waals surface area contributed by atoms with Crippen LogP contribution >= 0.6 is 11.3 Å². The second-order valence-corrected chi connectivity index (χ2v) is 5.08. The van der Waals surface area contributed by atoms with Gasteiger partial charge in [0.25, 0.3) is 5.91 Å². The summed E-state index contributed by atoms with van der Waals surface area (Å²) in [7, 11) is 4.65. The van der Waals surface area contributed by atoms with Crippen LogP contribution in [0.4, 0.5) is 0 Å². The lowest BCUT2D eigenvalue weighted by atomic mass is 10.1. The van der Waals surface area contributed by atoms with E-state index in [1.807, 2.05) is 24.3 Å². The lowest BCUT2D eigenvalue weighted by Gasteiger charge is -2.11. The first-order valence-corrected chi connectivity index (χ1v) is 6.91. The molecule has 6 heteroatoms. The van der Waals surface area contributed by atoms with Crippen molar-refractivity contribution in [2.45, 2.75) is 6.42 Å². The van der Waals surface area contributed by atoms with E-state index in [0.717, 1.165) is 21.4 Å². The molecule has 0 aliphatic carbocycles.